The van der Waals surface area contributed by atoms with Crippen LogP contribution in [0.5, 0.6) is 11.8 Å². The third kappa shape index (κ3) is 3.67. The molecule has 3 unspecified atom stereocenters. The van der Waals surface area contributed by atoms with E-state index in [4.69, 9.17) is 9.72 Å². The number of aromatic nitrogens is 3. The van der Waals surface area contributed by atoms with Crippen molar-refractivity contribution in [2.75, 3.05) is 31.1 Å². The summed E-state index contributed by atoms with van der Waals surface area (Å²) in [7, 11) is 0. The highest BCUT2D eigenvalue weighted by atomic mass is 19.1. The molecule has 2 aromatic heterocycles. The molecule has 1 saturated carbocycles. The van der Waals surface area contributed by atoms with Crippen LogP contribution in [0.1, 0.15) is 38.5 Å². The average molecular weight is 542 g/mol. The number of benzene rings is 2. The Morgan fingerprint density at radius 2 is 1.88 bits per heavy atom. The number of pyridine rings is 1. The van der Waals surface area contributed by atoms with Crippen LogP contribution in [0.2, 0.25) is 0 Å². The number of hydrogen-bond donors (Lipinski definition) is 2. The highest BCUT2D eigenvalue weighted by Gasteiger charge is 2.46. The third-order valence-corrected chi connectivity index (χ3v) is 9.80. The largest absolute Gasteiger partial charge is 0.508 e. The Morgan fingerprint density at radius 3 is 2.65 bits per heavy atom. The van der Waals surface area contributed by atoms with Crippen LogP contribution in [0.3, 0.4) is 0 Å². The molecule has 0 radical (unpaired) electrons. The van der Waals surface area contributed by atoms with Crippen LogP contribution in [0.4, 0.5) is 10.2 Å². The summed E-state index contributed by atoms with van der Waals surface area (Å²) in [5.41, 5.74) is 0.808. The zero-order valence-corrected chi connectivity index (χ0v) is 22.3. The SMILES string of the molecule is Oc1cc(-c2ncc3c(N4CC5CC4CC5O)nc(OCC45CCCN4CCC5)nc3c2F)c2ccccc2c1. The van der Waals surface area contributed by atoms with Crippen LogP contribution in [-0.2, 0) is 0 Å². The standard InChI is InChI=1S/C31H32FN5O3/c32-26-27(23-14-21(38)12-18-5-1-2-6-22(18)23)33-15-24-28(26)34-30(40-17-31-7-3-9-36(31)10-4-8-31)35-29(24)37-16-19-11-20(37)13-25(19)39/h1-2,5-6,12,14-15,19-20,25,38-39H,3-4,7-11,13,16-17H2. The van der Waals surface area contributed by atoms with E-state index in [1.165, 1.54) is 0 Å². The van der Waals surface area contributed by atoms with Crippen molar-refractivity contribution in [1.82, 2.24) is 19.9 Å². The minimum absolute atomic E-state index is 0.0116. The van der Waals surface area contributed by atoms with Crippen LogP contribution in [0, 0.1) is 11.7 Å². The van der Waals surface area contributed by atoms with Crippen molar-refractivity contribution in [1.29, 1.82) is 0 Å². The Labute approximate surface area is 231 Å². The van der Waals surface area contributed by atoms with Crippen LogP contribution in [-0.4, -0.2) is 74.0 Å². The third-order valence-electron chi connectivity index (χ3n) is 9.80. The lowest BCUT2D eigenvalue weighted by Crippen LogP contribution is -2.43. The topological polar surface area (TPSA) is 94.8 Å². The summed E-state index contributed by atoms with van der Waals surface area (Å²) >= 11 is 0. The first-order valence-corrected chi connectivity index (χ1v) is 14.4. The Kier molecular flexibility index (Phi) is 5.44. The molecule has 2 bridgehead atoms. The van der Waals surface area contributed by atoms with Crippen LogP contribution in [0.25, 0.3) is 32.9 Å². The number of phenolic OH excluding ortho intramolecular Hbond substituents is 1. The van der Waals surface area contributed by atoms with Crippen molar-refractivity contribution in [3.8, 4) is 23.0 Å². The molecular formula is C31H32FN5O3. The smallest absolute Gasteiger partial charge is 0.319 e. The number of hydrogen-bond acceptors (Lipinski definition) is 8. The van der Waals surface area contributed by atoms with Gasteiger partial charge in [-0.15, -0.1) is 0 Å². The Balaban J connectivity index is 1.26. The molecule has 0 spiro atoms. The molecule has 2 aromatic carbocycles. The molecule has 5 heterocycles. The van der Waals surface area contributed by atoms with Crippen molar-refractivity contribution < 1.29 is 19.3 Å². The normalized spacial score (nSPS) is 25.4. The van der Waals surface area contributed by atoms with Gasteiger partial charge < -0.3 is 19.8 Å². The molecule has 40 heavy (non-hydrogen) atoms. The number of anilines is 1. The highest BCUT2D eigenvalue weighted by molar-refractivity contribution is 6.00. The van der Waals surface area contributed by atoms with Gasteiger partial charge in [0.25, 0.3) is 0 Å². The number of rotatable bonds is 5. The van der Waals surface area contributed by atoms with Crippen LogP contribution in [0.15, 0.2) is 42.6 Å². The summed E-state index contributed by atoms with van der Waals surface area (Å²) in [5, 5.41) is 22.9. The van der Waals surface area contributed by atoms with E-state index in [1.807, 2.05) is 24.3 Å². The number of nitrogens with zero attached hydrogens (tertiary/aromatic N) is 5. The molecule has 206 valence electrons. The van der Waals surface area contributed by atoms with Gasteiger partial charge in [0.2, 0.25) is 0 Å². The Morgan fingerprint density at radius 1 is 1.05 bits per heavy atom. The van der Waals surface area contributed by atoms with Gasteiger partial charge in [0, 0.05) is 30.3 Å². The minimum Gasteiger partial charge on any atom is -0.508 e. The number of aliphatic hydroxyl groups excluding tert-OH is 1. The molecule has 8 nitrogen and oxygen atoms in total. The second-order valence-corrected chi connectivity index (χ2v) is 12.0. The quantitative estimate of drug-likeness (QED) is 0.377. The maximum Gasteiger partial charge on any atom is 0.319 e. The first-order chi connectivity index (χ1) is 19.5. The zero-order chi connectivity index (χ0) is 27.0. The van der Waals surface area contributed by atoms with Crippen molar-refractivity contribution in [3.05, 3.63) is 48.4 Å². The summed E-state index contributed by atoms with van der Waals surface area (Å²) < 4.78 is 22.8. The molecule has 9 heteroatoms. The molecule has 3 aliphatic heterocycles. The van der Waals surface area contributed by atoms with E-state index >= 15 is 4.39 Å². The number of ether oxygens (including phenoxy) is 1. The fraction of sp³-hybridized carbons (Fsp3) is 0.452. The molecule has 8 rings (SSSR count). The predicted molar refractivity (Wildman–Crippen MR) is 150 cm³/mol. The molecule has 4 fully saturated rings. The number of halogens is 1. The maximum atomic E-state index is 16.5. The van der Waals surface area contributed by atoms with E-state index in [-0.39, 0.29) is 46.6 Å². The second-order valence-electron chi connectivity index (χ2n) is 12.0. The molecule has 0 amide bonds. The zero-order valence-electron chi connectivity index (χ0n) is 22.3. The van der Waals surface area contributed by atoms with Crippen LogP contribution < -0.4 is 9.64 Å². The predicted octanol–water partition coefficient (Wildman–Crippen LogP) is 4.66. The second kappa shape index (κ2) is 8.97. The van der Waals surface area contributed by atoms with E-state index in [1.54, 1.807) is 18.3 Å². The molecule has 1 aliphatic carbocycles. The van der Waals surface area contributed by atoms with Gasteiger partial charge in [0.1, 0.15) is 29.4 Å². The first kappa shape index (κ1) is 24.3. The fourth-order valence-electron chi connectivity index (χ4n) is 7.83. The Bertz CT molecular complexity index is 1630. The molecule has 3 atom stereocenters. The lowest BCUT2D eigenvalue weighted by Gasteiger charge is -2.32. The van der Waals surface area contributed by atoms with Crippen molar-refractivity contribution in [3.63, 3.8) is 0 Å². The van der Waals surface area contributed by atoms with E-state index in [0.717, 1.165) is 56.0 Å². The monoisotopic (exact) mass is 541 g/mol. The summed E-state index contributed by atoms with van der Waals surface area (Å²) in [5.74, 6) is 0.281. The van der Waals surface area contributed by atoms with Gasteiger partial charge in [-0.3, -0.25) is 9.88 Å². The number of piperidine rings is 1. The summed E-state index contributed by atoms with van der Waals surface area (Å²) in [4.78, 5) is 18.8. The first-order valence-electron chi connectivity index (χ1n) is 14.4. The molecule has 2 N–H and O–H groups in total. The van der Waals surface area contributed by atoms with E-state index in [2.05, 4.69) is 19.8 Å². The Hall–Kier alpha value is -3.56. The van der Waals surface area contributed by atoms with Gasteiger partial charge in [0.05, 0.1) is 17.0 Å². The average Bonchev–Trinajstić information content (AvgIpc) is 3.72. The van der Waals surface area contributed by atoms with Gasteiger partial charge in [0.15, 0.2) is 5.82 Å². The van der Waals surface area contributed by atoms with Gasteiger partial charge in [-0.05, 0) is 74.5 Å². The van der Waals surface area contributed by atoms with Gasteiger partial charge in [-0.1, -0.05) is 24.3 Å². The van der Waals surface area contributed by atoms with Gasteiger partial charge in [-0.2, -0.15) is 9.97 Å². The van der Waals surface area contributed by atoms with E-state index in [0.29, 0.717) is 36.3 Å². The molecule has 4 aromatic rings. The number of aromatic hydroxyl groups is 1. The fourth-order valence-corrected chi connectivity index (χ4v) is 7.83. The van der Waals surface area contributed by atoms with Gasteiger partial charge >= 0.3 is 6.01 Å². The lowest BCUT2D eigenvalue weighted by atomic mass is 9.95. The lowest BCUT2D eigenvalue weighted by molar-refractivity contribution is 0.107. The maximum absolute atomic E-state index is 16.5. The van der Waals surface area contributed by atoms with Gasteiger partial charge in [-0.25, -0.2) is 4.39 Å². The highest BCUT2D eigenvalue weighted by Crippen LogP contribution is 2.44. The van der Waals surface area contributed by atoms with Crippen LogP contribution >= 0.6 is 0 Å². The van der Waals surface area contributed by atoms with E-state index < -0.39 is 5.82 Å². The van der Waals surface area contributed by atoms with Crippen molar-refractivity contribution in [2.24, 2.45) is 5.92 Å². The van der Waals surface area contributed by atoms with E-state index in [9.17, 15) is 10.2 Å². The molecule has 4 aliphatic rings. The van der Waals surface area contributed by atoms with Crippen molar-refractivity contribution >= 4 is 27.5 Å². The number of fused-ring (bicyclic) bond motifs is 5. The molecular weight excluding hydrogens is 509 g/mol. The van der Waals surface area contributed by atoms with Crippen molar-refractivity contribution in [2.45, 2.75) is 56.2 Å². The summed E-state index contributed by atoms with van der Waals surface area (Å²) in [6.45, 7) is 3.33. The minimum atomic E-state index is -0.562. The summed E-state index contributed by atoms with van der Waals surface area (Å²) in [6, 6.07) is 11.1. The molecule has 3 saturated heterocycles. The number of phenols is 1. The summed E-state index contributed by atoms with van der Waals surface area (Å²) in [6.07, 6.45) is 7.41. The number of aliphatic hydroxyl groups is 1.